The first-order valence-corrected chi connectivity index (χ1v) is 12.6. The highest BCUT2D eigenvalue weighted by molar-refractivity contribution is 6.16. The van der Waals surface area contributed by atoms with Gasteiger partial charge >= 0.3 is 12.2 Å². The Morgan fingerprint density at radius 1 is 0.850 bits per heavy atom. The van der Waals surface area contributed by atoms with Gasteiger partial charge in [0.15, 0.2) is 17.1 Å². The summed E-state index contributed by atoms with van der Waals surface area (Å²) in [5.41, 5.74) is 7.93. The van der Waals surface area contributed by atoms with Crippen LogP contribution in [0.25, 0.3) is 33.6 Å². The Labute approximate surface area is 230 Å². The molecular formula is C28H30N8O4. The Morgan fingerprint density at radius 3 is 2.12 bits per heavy atom. The van der Waals surface area contributed by atoms with Gasteiger partial charge in [-0.15, -0.1) is 0 Å². The fraction of sp³-hybridized carbons (Fsp3) is 0.286. The lowest BCUT2D eigenvalue weighted by atomic mass is 10.1. The van der Waals surface area contributed by atoms with Crippen LogP contribution in [0.5, 0.6) is 0 Å². The molecule has 5 rings (SSSR count). The number of imide groups is 1. The van der Waals surface area contributed by atoms with E-state index in [9.17, 15) is 9.59 Å². The minimum absolute atomic E-state index is 0.00129. The molecule has 0 aliphatic rings. The van der Waals surface area contributed by atoms with Gasteiger partial charge in [-0.2, -0.15) is 4.90 Å². The van der Waals surface area contributed by atoms with Crippen LogP contribution in [0, 0.1) is 0 Å². The number of imidazole rings is 1. The molecule has 2 amide bonds. The molecule has 206 valence electrons. The van der Waals surface area contributed by atoms with Gasteiger partial charge in [-0.05, 0) is 65.8 Å². The Balaban J connectivity index is 1.84. The highest BCUT2D eigenvalue weighted by atomic mass is 16.6. The van der Waals surface area contributed by atoms with Gasteiger partial charge in [0, 0.05) is 36.5 Å². The normalized spacial score (nSPS) is 12.1. The number of aromatic nitrogens is 6. The van der Waals surface area contributed by atoms with Crippen molar-refractivity contribution in [1.29, 1.82) is 0 Å². The standard InChI is InChI=1S/C28H30N8O4/c1-27(2,3)39-25(37)36(26(38)40-28(4,5)6)24-21-18(20-8-7-19(29)22-31-13-14-34(20)22)15-35(23(21)32-16-33-24)17-9-11-30-12-10-17/h7-16H,29H2,1-6H3. The second kappa shape index (κ2) is 9.63. The molecule has 0 bridgehead atoms. The summed E-state index contributed by atoms with van der Waals surface area (Å²) in [5.74, 6) is 0.00129. The number of ether oxygens (including phenoxy) is 2. The van der Waals surface area contributed by atoms with Crippen LogP contribution in [0.4, 0.5) is 21.1 Å². The van der Waals surface area contributed by atoms with Crippen LogP contribution >= 0.6 is 0 Å². The minimum atomic E-state index is -0.936. The third kappa shape index (κ3) is 5.03. The van der Waals surface area contributed by atoms with Gasteiger partial charge in [0.1, 0.15) is 17.5 Å². The molecule has 40 heavy (non-hydrogen) atoms. The van der Waals surface area contributed by atoms with Gasteiger partial charge in [-0.1, -0.05) is 0 Å². The number of anilines is 2. The van der Waals surface area contributed by atoms with E-state index in [2.05, 4.69) is 19.9 Å². The van der Waals surface area contributed by atoms with Gasteiger partial charge in [-0.25, -0.2) is 24.5 Å². The zero-order valence-corrected chi connectivity index (χ0v) is 23.1. The molecule has 0 fully saturated rings. The van der Waals surface area contributed by atoms with Crippen molar-refractivity contribution in [2.24, 2.45) is 0 Å². The summed E-state index contributed by atoms with van der Waals surface area (Å²) < 4.78 is 14.9. The third-order valence-electron chi connectivity index (χ3n) is 5.72. The number of carbonyl (C=O) groups is 2. The summed E-state index contributed by atoms with van der Waals surface area (Å²) in [5, 5.41) is 0.413. The molecule has 0 saturated carbocycles. The zero-order chi connectivity index (χ0) is 28.8. The maximum Gasteiger partial charge on any atom is 0.425 e. The molecule has 0 saturated heterocycles. The Hall–Kier alpha value is -5.00. The van der Waals surface area contributed by atoms with E-state index in [1.165, 1.54) is 6.33 Å². The van der Waals surface area contributed by atoms with Gasteiger partial charge in [-0.3, -0.25) is 9.38 Å². The predicted octanol–water partition coefficient (Wildman–Crippen LogP) is 5.39. The topological polar surface area (TPSA) is 143 Å². The third-order valence-corrected chi connectivity index (χ3v) is 5.72. The molecule has 5 heterocycles. The number of rotatable bonds is 3. The van der Waals surface area contributed by atoms with E-state index in [4.69, 9.17) is 15.2 Å². The number of pyridine rings is 2. The summed E-state index contributed by atoms with van der Waals surface area (Å²) in [7, 11) is 0. The molecule has 0 aromatic carbocycles. The van der Waals surface area contributed by atoms with Crippen LogP contribution in [0.3, 0.4) is 0 Å². The average Bonchev–Trinajstić information content (AvgIpc) is 3.50. The van der Waals surface area contributed by atoms with E-state index in [0.29, 0.717) is 33.6 Å². The van der Waals surface area contributed by atoms with E-state index in [-0.39, 0.29) is 5.82 Å². The van der Waals surface area contributed by atoms with Crippen LogP contribution in [0.15, 0.2) is 61.6 Å². The molecule has 5 aromatic heterocycles. The van der Waals surface area contributed by atoms with Gasteiger partial charge in [0.25, 0.3) is 0 Å². The van der Waals surface area contributed by atoms with E-state index in [1.54, 1.807) is 72.4 Å². The molecule has 12 nitrogen and oxygen atoms in total. The highest BCUT2D eigenvalue weighted by Crippen LogP contribution is 2.38. The molecule has 0 spiro atoms. The van der Waals surface area contributed by atoms with Crippen molar-refractivity contribution in [2.75, 3.05) is 10.6 Å². The van der Waals surface area contributed by atoms with Crippen LogP contribution < -0.4 is 10.6 Å². The predicted molar refractivity (Wildman–Crippen MR) is 150 cm³/mol. The first kappa shape index (κ1) is 26.6. The monoisotopic (exact) mass is 542 g/mol. The highest BCUT2D eigenvalue weighted by Gasteiger charge is 2.36. The summed E-state index contributed by atoms with van der Waals surface area (Å²) >= 11 is 0. The zero-order valence-electron chi connectivity index (χ0n) is 23.1. The van der Waals surface area contributed by atoms with Crippen molar-refractivity contribution >= 4 is 40.4 Å². The molecule has 12 heteroatoms. The maximum absolute atomic E-state index is 13.6. The molecule has 2 N–H and O–H groups in total. The number of nitrogens with two attached hydrogens (primary N) is 1. The lowest BCUT2D eigenvalue weighted by Crippen LogP contribution is -2.44. The molecule has 0 radical (unpaired) electrons. The van der Waals surface area contributed by atoms with Crippen molar-refractivity contribution in [2.45, 2.75) is 52.7 Å². The lowest BCUT2D eigenvalue weighted by Gasteiger charge is -2.28. The summed E-state index contributed by atoms with van der Waals surface area (Å²) in [6.07, 6.45) is 8.01. The van der Waals surface area contributed by atoms with Crippen molar-refractivity contribution in [1.82, 2.24) is 28.9 Å². The summed E-state index contributed by atoms with van der Waals surface area (Å²) in [6, 6.07) is 7.22. The second-order valence-electron chi connectivity index (χ2n) is 11.1. The molecule has 0 unspecified atom stereocenters. The summed E-state index contributed by atoms with van der Waals surface area (Å²) in [4.78, 5) is 45.4. The van der Waals surface area contributed by atoms with Gasteiger partial charge in [0.05, 0.1) is 22.5 Å². The molecule has 0 aliphatic heterocycles. The summed E-state index contributed by atoms with van der Waals surface area (Å²) in [6.45, 7) is 10.3. The van der Waals surface area contributed by atoms with Crippen molar-refractivity contribution in [3.05, 3.63) is 61.6 Å². The van der Waals surface area contributed by atoms with E-state index in [0.717, 1.165) is 10.6 Å². The first-order chi connectivity index (χ1) is 18.8. The maximum atomic E-state index is 13.6. The fourth-order valence-corrected chi connectivity index (χ4v) is 4.23. The van der Waals surface area contributed by atoms with Crippen LogP contribution in [0.1, 0.15) is 41.5 Å². The van der Waals surface area contributed by atoms with Crippen molar-refractivity contribution in [3.8, 4) is 16.9 Å². The van der Waals surface area contributed by atoms with Crippen LogP contribution in [-0.2, 0) is 9.47 Å². The van der Waals surface area contributed by atoms with Crippen LogP contribution in [-0.4, -0.2) is 52.3 Å². The quantitative estimate of drug-likeness (QED) is 0.317. The molecular weight excluding hydrogens is 512 g/mol. The minimum Gasteiger partial charge on any atom is -0.443 e. The number of nitrogen functional groups attached to an aromatic ring is 1. The van der Waals surface area contributed by atoms with E-state index in [1.807, 2.05) is 33.4 Å². The van der Waals surface area contributed by atoms with E-state index < -0.39 is 23.4 Å². The largest absolute Gasteiger partial charge is 0.443 e. The van der Waals surface area contributed by atoms with E-state index >= 15 is 0 Å². The number of hydrogen-bond acceptors (Lipinski definition) is 9. The number of nitrogens with zero attached hydrogens (tertiary/aromatic N) is 7. The Morgan fingerprint density at radius 2 is 1.50 bits per heavy atom. The number of hydrogen-bond donors (Lipinski definition) is 1. The Bertz CT molecular complexity index is 1700. The number of amides is 2. The van der Waals surface area contributed by atoms with Crippen molar-refractivity contribution in [3.63, 3.8) is 0 Å². The first-order valence-electron chi connectivity index (χ1n) is 12.6. The fourth-order valence-electron chi connectivity index (χ4n) is 4.23. The SMILES string of the molecule is CC(C)(C)OC(=O)N(C(=O)OC(C)(C)C)c1ncnc2c1c(-c1ccc(N)c3nccn13)cn2-c1ccncc1. The number of fused-ring (bicyclic) bond motifs is 2. The van der Waals surface area contributed by atoms with Gasteiger partial charge in [0.2, 0.25) is 0 Å². The van der Waals surface area contributed by atoms with Crippen LogP contribution in [0.2, 0.25) is 0 Å². The Kier molecular flexibility index (Phi) is 6.41. The average molecular weight is 543 g/mol. The molecule has 0 atom stereocenters. The molecule has 5 aromatic rings. The molecule has 0 aliphatic carbocycles. The second-order valence-corrected chi connectivity index (χ2v) is 11.1. The van der Waals surface area contributed by atoms with Crippen molar-refractivity contribution < 1.29 is 19.1 Å². The number of carbonyl (C=O) groups excluding carboxylic acids is 2. The smallest absolute Gasteiger partial charge is 0.425 e. The lowest BCUT2D eigenvalue weighted by molar-refractivity contribution is 0.0429. The van der Waals surface area contributed by atoms with Gasteiger partial charge < -0.3 is 19.8 Å².